The van der Waals surface area contributed by atoms with Gasteiger partial charge in [0.05, 0.1) is 6.20 Å². The van der Waals surface area contributed by atoms with Crippen LogP contribution >= 0.6 is 11.3 Å². The second kappa shape index (κ2) is 4.44. The van der Waals surface area contributed by atoms with Crippen LogP contribution in [-0.4, -0.2) is 17.0 Å². The molecule has 0 amide bonds. The Labute approximate surface area is 96.6 Å². The average molecular weight is 238 g/mol. The minimum atomic E-state index is -0.466. The SMILES string of the molecule is CN(Cc1ccsc1)c1nc(N)ncc1F. The van der Waals surface area contributed by atoms with E-state index in [0.29, 0.717) is 6.54 Å². The molecule has 4 nitrogen and oxygen atoms in total. The van der Waals surface area contributed by atoms with Crippen molar-refractivity contribution in [2.24, 2.45) is 0 Å². The molecule has 0 bridgehead atoms. The van der Waals surface area contributed by atoms with E-state index >= 15 is 0 Å². The molecule has 0 saturated heterocycles. The van der Waals surface area contributed by atoms with E-state index in [9.17, 15) is 4.39 Å². The van der Waals surface area contributed by atoms with Crippen molar-refractivity contribution in [1.82, 2.24) is 9.97 Å². The Balaban J connectivity index is 2.20. The van der Waals surface area contributed by atoms with Crippen LogP contribution in [0.2, 0.25) is 0 Å². The maximum Gasteiger partial charge on any atom is 0.222 e. The maximum absolute atomic E-state index is 13.4. The normalized spacial score (nSPS) is 10.4. The van der Waals surface area contributed by atoms with Crippen LogP contribution in [-0.2, 0) is 6.54 Å². The highest BCUT2D eigenvalue weighted by molar-refractivity contribution is 7.07. The molecule has 0 unspecified atom stereocenters. The fraction of sp³-hybridized carbons (Fsp3) is 0.200. The largest absolute Gasteiger partial charge is 0.368 e. The van der Waals surface area contributed by atoms with Crippen molar-refractivity contribution in [3.63, 3.8) is 0 Å². The summed E-state index contributed by atoms with van der Waals surface area (Å²) in [5.74, 6) is -0.167. The van der Waals surface area contributed by atoms with Gasteiger partial charge in [0.25, 0.3) is 0 Å². The second-order valence-corrected chi connectivity index (χ2v) is 4.17. The molecule has 0 atom stereocenters. The molecule has 0 aromatic carbocycles. The summed E-state index contributed by atoms with van der Waals surface area (Å²) >= 11 is 1.61. The lowest BCUT2D eigenvalue weighted by Gasteiger charge is -2.17. The first-order chi connectivity index (χ1) is 7.66. The predicted molar refractivity (Wildman–Crippen MR) is 62.8 cm³/mol. The van der Waals surface area contributed by atoms with Crippen LogP contribution in [0.25, 0.3) is 0 Å². The van der Waals surface area contributed by atoms with E-state index in [2.05, 4.69) is 9.97 Å². The van der Waals surface area contributed by atoms with E-state index in [-0.39, 0.29) is 11.8 Å². The van der Waals surface area contributed by atoms with Gasteiger partial charge in [0.1, 0.15) is 0 Å². The predicted octanol–water partition coefficient (Wildman–Crippen LogP) is 1.90. The second-order valence-electron chi connectivity index (χ2n) is 3.39. The highest BCUT2D eigenvalue weighted by Crippen LogP contribution is 2.18. The van der Waals surface area contributed by atoms with Gasteiger partial charge in [-0.3, -0.25) is 0 Å². The molecule has 2 aromatic rings. The number of nitrogens with two attached hydrogens (primary N) is 1. The van der Waals surface area contributed by atoms with Gasteiger partial charge in [-0.25, -0.2) is 9.37 Å². The topological polar surface area (TPSA) is 55.0 Å². The summed E-state index contributed by atoms with van der Waals surface area (Å²) in [7, 11) is 1.77. The van der Waals surface area contributed by atoms with Crippen LogP contribution in [0.1, 0.15) is 5.56 Å². The summed E-state index contributed by atoms with van der Waals surface area (Å²) in [6.07, 6.45) is 1.09. The number of aromatic nitrogens is 2. The molecule has 2 rings (SSSR count). The van der Waals surface area contributed by atoms with Gasteiger partial charge >= 0.3 is 0 Å². The quantitative estimate of drug-likeness (QED) is 0.887. The molecule has 84 valence electrons. The maximum atomic E-state index is 13.4. The summed E-state index contributed by atoms with van der Waals surface area (Å²) in [5.41, 5.74) is 6.54. The lowest BCUT2D eigenvalue weighted by molar-refractivity contribution is 0.608. The minimum absolute atomic E-state index is 0.0774. The van der Waals surface area contributed by atoms with Crippen LogP contribution in [0, 0.1) is 5.82 Å². The monoisotopic (exact) mass is 238 g/mol. The smallest absolute Gasteiger partial charge is 0.222 e. The van der Waals surface area contributed by atoms with E-state index in [1.807, 2.05) is 16.8 Å². The van der Waals surface area contributed by atoms with Gasteiger partial charge in [0, 0.05) is 13.6 Å². The molecular formula is C10H11FN4S. The number of halogens is 1. The first kappa shape index (κ1) is 10.8. The Hall–Kier alpha value is -1.69. The number of nitrogens with zero attached hydrogens (tertiary/aromatic N) is 3. The van der Waals surface area contributed by atoms with Crippen molar-refractivity contribution < 1.29 is 4.39 Å². The van der Waals surface area contributed by atoms with E-state index in [4.69, 9.17) is 5.73 Å². The fourth-order valence-electron chi connectivity index (χ4n) is 1.37. The third-order valence-corrected chi connectivity index (χ3v) is 2.84. The van der Waals surface area contributed by atoms with Gasteiger partial charge < -0.3 is 10.6 Å². The van der Waals surface area contributed by atoms with Crippen molar-refractivity contribution in [2.75, 3.05) is 17.7 Å². The first-order valence-corrected chi connectivity index (χ1v) is 5.61. The first-order valence-electron chi connectivity index (χ1n) is 4.67. The molecule has 0 saturated carbocycles. The molecule has 2 heterocycles. The van der Waals surface area contributed by atoms with Crippen LogP contribution in [0.15, 0.2) is 23.0 Å². The van der Waals surface area contributed by atoms with E-state index in [1.54, 1.807) is 23.3 Å². The summed E-state index contributed by atoms with van der Waals surface area (Å²) in [5, 5.41) is 3.99. The van der Waals surface area contributed by atoms with Crippen molar-refractivity contribution >= 4 is 23.1 Å². The highest BCUT2D eigenvalue weighted by Gasteiger charge is 2.11. The average Bonchev–Trinajstić information content (AvgIpc) is 2.74. The zero-order valence-corrected chi connectivity index (χ0v) is 9.54. The molecule has 16 heavy (non-hydrogen) atoms. The highest BCUT2D eigenvalue weighted by atomic mass is 32.1. The standard InChI is InChI=1S/C10H11FN4S/c1-15(5-7-2-3-16-6-7)9-8(11)4-13-10(12)14-9/h2-4,6H,5H2,1H3,(H2,12,13,14). The van der Waals surface area contributed by atoms with Crippen LogP contribution in [0.3, 0.4) is 0 Å². The van der Waals surface area contributed by atoms with Gasteiger partial charge in [-0.2, -0.15) is 16.3 Å². The Morgan fingerprint density at radius 3 is 3.06 bits per heavy atom. The molecule has 0 spiro atoms. The van der Waals surface area contributed by atoms with Crippen molar-refractivity contribution in [3.8, 4) is 0 Å². The van der Waals surface area contributed by atoms with Gasteiger partial charge in [0.2, 0.25) is 5.95 Å². The molecule has 0 aliphatic rings. The molecule has 0 aliphatic carbocycles. The van der Waals surface area contributed by atoms with Crippen LogP contribution in [0.5, 0.6) is 0 Å². The van der Waals surface area contributed by atoms with Gasteiger partial charge in [-0.1, -0.05) is 0 Å². The number of anilines is 2. The Kier molecular flexibility index (Phi) is 3.00. The number of hydrogen-bond acceptors (Lipinski definition) is 5. The van der Waals surface area contributed by atoms with Crippen LogP contribution < -0.4 is 10.6 Å². The molecule has 0 aliphatic heterocycles. The van der Waals surface area contributed by atoms with Gasteiger partial charge in [-0.15, -0.1) is 0 Å². The molecule has 6 heteroatoms. The molecular weight excluding hydrogens is 227 g/mol. The van der Waals surface area contributed by atoms with E-state index < -0.39 is 5.82 Å². The van der Waals surface area contributed by atoms with Gasteiger partial charge in [-0.05, 0) is 22.4 Å². The van der Waals surface area contributed by atoms with Gasteiger partial charge in [0.15, 0.2) is 11.6 Å². The number of thiophene rings is 1. The number of hydrogen-bond donors (Lipinski definition) is 1. The van der Waals surface area contributed by atoms with Crippen molar-refractivity contribution in [3.05, 3.63) is 34.4 Å². The summed E-state index contributed by atoms with van der Waals surface area (Å²) in [6, 6.07) is 1.99. The minimum Gasteiger partial charge on any atom is -0.368 e. The number of rotatable bonds is 3. The Bertz CT molecular complexity index is 472. The molecule has 0 fully saturated rings. The zero-order valence-electron chi connectivity index (χ0n) is 8.72. The third-order valence-electron chi connectivity index (χ3n) is 2.11. The molecule has 2 N–H and O–H groups in total. The Morgan fingerprint density at radius 1 is 1.56 bits per heavy atom. The van der Waals surface area contributed by atoms with E-state index in [0.717, 1.165) is 11.8 Å². The lowest BCUT2D eigenvalue weighted by Crippen LogP contribution is -2.19. The lowest BCUT2D eigenvalue weighted by atomic mass is 10.3. The Morgan fingerprint density at radius 2 is 2.38 bits per heavy atom. The summed E-state index contributed by atoms with van der Waals surface area (Å²) in [4.78, 5) is 9.16. The van der Waals surface area contributed by atoms with Crippen LogP contribution in [0.4, 0.5) is 16.2 Å². The summed E-state index contributed by atoms with van der Waals surface area (Å²) in [6.45, 7) is 0.594. The fourth-order valence-corrected chi connectivity index (χ4v) is 2.03. The molecule has 0 radical (unpaired) electrons. The zero-order chi connectivity index (χ0) is 11.5. The number of nitrogen functional groups attached to an aromatic ring is 1. The third kappa shape index (κ3) is 2.27. The molecule has 2 aromatic heterocycles. The van der Waals surface area contributed by atoms with E-state index in [1.165, 1.54) is 0 Å². The summed E-state index contributed by atoms with van der Waals surface area (Å²) < 4.78 is 13.4. The van der Waals surface area contributed by atoms with Crippen molar-refractivity contribution in [1.29, 1.82) is 0 Å². The van der Waals surface area contributed by atoms with Crippen molar-refractivity contribution in [2.45, 2.75) is 6.54 Å².